The van der Waals surface area contributed by atoms with Crippen molar-refractivity contribution in [1.82, 2.24) is 4.98 Å². The van der Waals surface area contributed by atoms with Gasteiger partial charge in [0, 0.05) is 5.69 Å². The molecule has 7 heteroatoms. The van der Waals surface area contributed by atoms with E-state index in [0.29, 0.717) is 24.2 Å². The minimum atomic E-state index is -0.779. The zero-order valence-corrected chi connectivity index (χ0v) is 14.0. The van der Waals surface area contributed by atoms with Crippen molar-refractivity contribution in [3.05, 3.63) is 53.7 Å². The molecule has 0 saturated heterocycles. The van der Waals surface area contributed by atoms with E-state index < -0.39 is 12.2 Å². The van der Waals surface area contributed by atoms with Crippen LogP contribution in [0.15, 0.2) is 42.5 Å². The maximum Gasteiger partial charge on any atom is 0.412 e. The van der Waals surface area contributed by atoms with Crippen molar-refractivity contribution in [2.24, 2.45) is 0 Å². The number of ether oxygens (including phenoxy) is 2. The SMILES string of the molecule is COc1nc(CCC(O)CO)ccc1NC(=O)OCc1ccccc1. The first-order valence-corrected chi connectivity index (χ1v) is 7.93. The Balaban J connectivity index is 1.93. The molecular weight excluding hydrogens is 324 g/mol. The molecule has 2 aromatic rings. The lowest BCUT2D eigenvalue weighted by molar-refractivity contribution is 0.0883. The monoisotopic (exact) mass is 346 g/mol. The van der Waals surface area contributed by atoms with Gasteiger partial charge in [-0.15, -0.1) is 0 Å². The van der Waals surface area contributed by atoms with Gasteiger partial charge in [-0.1, -0.05) is 30.3 Å². The van der Waals surface area contributed by atoms with Gasteiger partial charge in [0.2, 0.25) is 5.88 Å². The Morgan fingerprint density at radius 1 is 1.24 bits per heavy atom. The molecule has 0 bridgehead atoms. The third-order valence-electron chi connectivity index (χ3n) is 3.51. The minimum absolute atomic E-state index is 0.166. The van der Waals surface area contributed by atoms with Crippen molar-refractivity contribution in [3.8, 4) is 5.88 Å². The fourth-order valence-electron chi connectivity index (χ4n) is 2.14. The van der Waals surface area contributed by atoms with E-state index in [2.05, 4.69) is 10.3 Å². The maximum atomic E-state index is 11.9. The van der Waals surface area contributed by atoms with Crippen LogP contribution < -0.4 is 10.1 Å². The van der Waals surface area contributed by atoms with Crippen molar-refractivity contribution < 1.29 is 24.5 Å². The number of aryl methyl sites for hydroxylation is 1. The molecule has 0 aliphatic carbocycles. The molecule has 0 saturated carbocycles. The zero-order valence-electron chi connectivity index (χ0n) is 14.0. The summed E-state index contributed by atoms with van der Waals surface area (Å²) >= 11 is 0. The summed E-state index contributed by atoms with van der Waals surface area (Å²) in [5, 5.41) is 20.8. The van der Waals surface area contributed by atoms with Crippen LogP contribution in [0.5, 0.6) is 5.88 Å². The normalized spacial score (nSPS) is 11.6. The van der Waals surface area contributed by atoms with E-state index in [9.17, 15) is 9.90 Å². The van der Waals surface area contributed by atoms with Crippen LogP contribution in [0.2, 0.25) is 0 Å². The Bertz CT molecular complexity index is 678. The van der Waals surface area contributed by atoms with E-state index in [1.165, 1.54) is 7.11 Å². The van der Waals surface area contributed by atoms with E-state index in [-0.39, 0.29) is 19.1 Å². The lowest BCUT2D eigenvalue weighted by Gasteiger charge is -2.12. The summed E-state index contributed by atoms with van der Waals surface area (Å²) in [4.78, 5) is 16.2. The number of nitrogens with zero attached hydrogens (tertiary/aromatic N) is 1. The van der Waals surface area contributed by atoms with Crippen molar-refractivity contribution >= 4 is 11.8 Å². The highest BCUT2D eigenvalue weighted by Gasteiger charge is 2.12. The lowest BCUT2D eigenvalue weighted by Crippen LogP contribution is -2.15. The molecule has 0 fully saturated rings. The van der Waals surface area contributed by atoms with Crippen LogP contribution in [-0.2, 0) is 17.8 Å². The van der Waals surface area contributed by atoms with Gasteiger partial charge in [0.05, 0.1) is 19.8 Å². The summed E-state index contributed by atoms with van der Waals surface area (Å²) in [5.74, 6) is 0.257. The molecule has 0 aliphatic rings. The number of aliphatic hydroxyl groups excluding tert-OH is 2. The standard InChI is InChI=1S/C18H22N2O5/c1-24-17-16(10-8-14(19-17)7-9-15(22)11-21)20-18(23)25-12-13-5-3-2-4-6-13/h2-6,8,10,15,21-22H,7,9,11-12H2,1H3,(H,20,23). The third kappa shape index (κ3) is 6.06. The molecular formula is C18H22N2O5. The van der Waals surface area contributed by atoms with Crippen molar-refractivity contribution in [3.63, 3.8) is 0 Å². The molecule has 0 radical (unpaired) electrons. The number of hydrogen-bond donors (Lipinski definition) is 3. The van der Waals surface area contributed by atoms with Gasteiger partial charge >= 0.3 is 6.09 Å². The second-order valence-electron chi connectivity index (χ2n) is 5.42. The number of pyridine rings is 1. The van der Waals surface area contributed by atoms with Gasteiger partial charge in [0.1, 0.15) is 12.3 Å². The van der Waals surface area contributed by atoms with Crippen molar-refractivity contribution in [1.29, 1.82) is 0 Å². The van der Waals surface area contributed by atoms with Crippen LogP contribution >= 0.6 is 0 Å². The highest BCUT2D eigenvalue weighted by molar-refractivity contribution is 5.86. The highest BCUT2D eigenvalue weighted by Crippen LogP contribution is 2.23. The van der Waals surface area contributed by atoms with E-state index in [0.717, 1.165) is 5.56 Å². The largest absolute Gasteiger partial charge is 0.480 e. The molecule has 1 atom stereocenters. The molecule has 25 heavy (non-hydrogen) atoms. The van der Waals surface area contributed by atoms with Gasteiger partial charge in [-0.25, -0.2) is 9.78 Å². The summed E-state index contributed by atoms with van der Waals surface area (Å²) in [6, 6.07) is 12.7. The van der Waals surface area contributed by atoms with Crippen LogP contribution in [0.4, 0.5) is 10.5 Å². The van der Waals surface area contributed by atoms with Gasteiger partial charge in [-0.05, 0) is 30.5 Å². The second-order valence-corrected chi connectivity index (χ2v) is 5.42. The van der Waals surface area contributed by atoms with E-state index in [1.807, 2.05) is 30.3 Å². The summed E-state index contributed by atoms with van der Waals surface area (Å²) in [6.07, 6.45) is -0.513. The van der Waals surface area contributed by atoms with Gasteiger partial charge < -0.3 is 19.7 Å². The molecule has 0 spiro atoms. The zero-order chi connectivity index (χ0) is 18.1. The summed E-state index contributed by atoms with van der Waals surface area (Å²) < 4.78 is 10.4. The first-order chi connectivity index (χ1) is 12.1. The van der Waals surface area contributed by atoms with E-state index >= 15 is 0 Å². The molecule has 7 nitrogen and oxygen atoms in total. The average Bonchev–Trinajstić information content (AvgIpc) is 2.66. The number of aromatic nitrogens is 1. The number of anilines is 1. The average molecular weight is 346 g/mol. The topological polar surface area (TPSA) is 101 Å². The molecule has 1 unspecified atom stereocenters. The molecule has 134 valence electrons. The Labute approximate surface area is 146 Å². The summed E-state index contributed by atoms with van der Waals surface area (Å²) in [7, 11) is 1.45. The van der Waals surface area contributed by atoms with Gasteiger partial charge in [0.15, 0.2) is 0 Å². The van der Waals surface area contributed by atoms with Gasteiger partial charge in [-0.3, -0.25) is 5.32 Å². The number of benzene rings is 1. The first kappa shape index (κ1) is 18.7. The van der Waals surface area contributed by atoms with E-state index in [4.69, 9.17) is 14.6 Å². The molecule has 1 heterocycles. The number of methoxy groups -OCH3 is 1. The quantitative estimate of drug-likeness (QED) is 0.677. The maximum absolute atomic E-state index is 11.9. The van der Waals surface area contributed by atoms with Crippen molar-refractivity contribution in [2.45, 2.75) is 25.6 Å². The lowest BCUT2D eigenvalue weighted by atomic mass is 10.1. The first-order valence-electron chi connectivity index (χ1n) is 7.93. The third-order valence-corrected chi connectivity index (χ3v) is 3.51. The smallest absolute Gasteiger partial charge is 0.412 e. The van der Waals surface area contributed by atoms with Crippen LogP contribution in [0, 0.1) is 0 Å². The predicted molar refractivity (Wildman–Crippen MR) is 92.5 cm³/mol. The van der Waals surface area contributed by atoms with Crippen LogP contribution in [0.25, 0.3) is 0 Å². The molecule has 0 aliphatic heterocycles. The Morgan fingerprint density at radius 3 is 2.68 bits per heavy atom. The Kier molecular flexibility index (Phi) is 7.18. The fraction of sp³-hybridized carbons (Fsp3) is 0.333. The number of rotatable bonds is 8. The number of carbonyl (C=O) groups excluding carboxylic acids is 1. The highest BCUT2D eigenvalue weighted by atomic mass is 16.5. The number of hydrogen-bond acceptors (Lipinski definition) is 6. The van der Waals surface area contributed by atoms with Crippen LogP contribution in [-0.4, -0.2) is 41.1 Å². The van der Waals surface area contributed by atoms with Gasteiger partial charge in [-0.2, -0.15) is 0 Å². The predicted octanol–water partition coefficient (Wildman–Crippen LogP) is 2.12. The summed E-state index contributed by atoms with van der Waals surface area (Å²) in [5.41, 5.74) is 1.97. The van der Waals surface area contributed by atoms with Gasteiger partial charge in [0.25, 0.3) is 0 Å². The number of carbonyl (C=O) groups is 1. The van der Waals surface area contributed by atoms with Crippen molar-refractivity contribution in [2.75, 3.05) is 19.0 Å². The molecule has 1 aromatic heterocycles. The Hall–Kier alpha value is -2.64. The second kappa shape index (κ2) is 9.61. The molecule has 1 aromatic carbocycles. The minimum Gasteiger partial charge on any atom is -0.480 e. The fourth-order valence-corrected chi connectivity index (χ4v) is 2.14. The van der Waals surface area contributed by atoms with Crippen LogP contribution in [0.1, 0.15) is 17.7 Å². The Morgan fingerprint density at radius 2 is 2.00 bits per heavy atom. The van der Waals surface area contributed by atoms with E-state index in [1.54, 1.807) is 12.1 Å². The molecule has 1 amide bonds. The number of amides is 1. The number of nitrogens with one attached hydrogen (secondary N) is 1. The van der Waals surface area contributed by atoms with Crippen LogP contribution in [0.3, 0.4) is 0 Å². The summed E-state index contributed by atoms with van der Waals surface area (Å²) in [6.45, 7) is -0.121. The number of aliphatic hydroxyl groups is 2. The molecule has 3 N–H and O–H groups in total. The molecule has 2 rings (SSSR count).